The smallest absolute Gasteiger partial charge is 0.129 e. The highest BCUT2D eigenvalue weighted by Gasteiger charge is 2.36. The lowest BCUT2D eigenvalue weighted by Gasteiger charge is -2.47. The Balaban J connectivity index is 2.05. The van der Waals surface area contributed by atoms with Crippen molar-refractivity contribution in [2.24, 2.45) is 4.99 Å². The van der Waals surface area contributed by atoms with Gasteiger partial charge >= 0.3 is 0 Å². The second-order valence-electron chi connectivity index (χ2n) is 8.03. The first-order chi connectivity index (χ1) is 12.8. The molecule has 0 fully saturated rings. The lowest BCUT2D eigenvalue weighted by Crippen LogP contribution is -2.48. The highest BCUT2D eigenvalue weighted by molar-refractivity contribution is 9.10. The topological polar surface area (TPSA) is 24.8 Å². The highest BCUT2D eigenvalue weighted by atomic mass is 79.9. The van der Waals surface area contributed by atoms with Gasteiger partial charge in [0.25, 0.3) is 0 Å². The number of methoxy groups -OCH3 is 1. The molecule has 1 unspecified atom stereocenters. The standard InChI is InChI=1S/C23H29BrN2O/c1-7-26-21-12-22(27-6)17(11-18(21)16(3)13-23(26,4)5)14-25-20-9-8-15(2)10-19(20)24/h8-12,14,16H,7,13H2,1-6H3. The van der Waals surface area contributed by atoms with Crippen molar-refractivity contribution < 1.29 is 4.74 Å². The lowest BCUT2D eigenvalue weighted by atomic mass is 9.79. The monoisotopic (exact) mass is 428 g/mol. The normalized spacial score (nSPS) is 18.6. The fourth-order valence-corrected chi connectivity index (χ4v) is 4.85. The zero-order valence-corrected chi connectivity index (χ0v) is 18.7. The van der Waals surface area contributed by atoms with E-state index in [9.17, 15) is 0 Å². The van der Waals surface area contributed by atoms with Crippen molar-refractivity contribution in [1.29, 1.82) is 0 Å². The van der Waals surface area contributed by atoms with Crippen molar-refractivity contribution in [2.75, 3.05) is 18.6 Å². The first-order valence-corrected chi connectivity index (χ1v) is 10.4. The molecule has 144 valence electrons. The Hall–Kier alpha value is -1.81. The molecule has 0 spiro atoms. The molecule has 0 amide bonds. The Kier molecular flexibility index (Phi) is 5.66. The number of aliphatic imine (C=N–C) groups is 1. The van der Waals surface area contributed by atoms with Crippen LogP contribution in [-0.4, -0.2) is 25.4 Å². The van der Waals surface area contributed by atoms with E-state index in [1.807, 2.05) is 12.3 Å². The van der Waals surface area contributed by atoms with Gasteiger partial charge in [0.2, 0.25) is 0 Å². The van der Waals surface area contributed by atoms with Gasteiger partial charge in [0.1, 0.15) is 5.75 Å². The molecule has 0 aliphatic carbocycles. The number of halogens is 1. The Morgan fingerprint density at radius 2 is 2.04 bits per heavy atom. The number of nitrogens with zero attached hydrogens (tertiary/aromatic N) is 2. The van der Waals surface area contributed by atoms with Gasteiger partial charge in [-0.05, 0) is 85.3 Å². The van der Waals surface area contributed by atoms with E-state index in [2.05, 4.69) is 79.7 Å². The molecule has 3 rings (SSSR count). The van der Waals surface area contributed by atoms with Gasteiger partial charge in [0.05, 0.1) is 12.8 Å². The minimum absolute atomic E-state index is 0.147. The molecule has 1 aliphatic rings. The van der Waals surface area contributed by atoms with Crippen molar-refractivity contribution in [1.82, 2.24) is 0 Å². The first kappa shape index (κ1) is 19.9. The number of anilines is 1. The summed E-state index contributed by atoms with van der Waals surface area (Å²) >= 11 is 3.60. The van der Waals surface area contributed by atoms with E-state index in [1.165, 1.54) is 16.8 Å². The van der Waals surface area contributed by atoms with Crippen LogP contribution in [0.5, 0.6) is 5.75 Å². The first-order valence-electron chi connectivity index (χ1n) is 9.56. The summed E-state index contributed by atoms with van der Waals surface area (Å²) in [5.74, 6) is 1.37. The molecule has 0 saturated heterocycles. The maximum Gasteiger partial charge on any atom is 0.129 e. The molecule has 2 aromatic carbocycles. The maximum absolute atomic E-state index is 5.72. The SMILES string of the molecule is CCN1c2cc(OC)c(C=Nc3ccc(C)cc3Br)cc2C(C)CC1(C)C. The summed E-state index contributed by atoms with van der Waals surface area (Å²) in [7, 11) is 1.73. The van der Waals surface area contributed by atoms with Crippen molar-refractivity contribution in [2.45, 2.75) is 52.5 Å². The average Bonchev–Trinajstić information content (AvgIpc) is 2.60. The summed E-state index contributed by atoms with van der Waals surface area (Å²) in [6.07, 6.45) is 3.05. The number of rotatable bonds is 4. The predicted molar refractivity (Wildman–Crippen MR) is 119 cm³/mol. The Bertz CT molecular complexity index is 873. The largest absolute Gasteiger partial charge is 0.496 e. The van der Waals surface area contributed by atoms with Gasteiger partial charge in [-0.25, -0.2) is 0 Å². The van der Waals surface area contributed by atoms with Crippen LogP contribution in [0.2, 0.25) is 0 Å². The van der Waals surface area contributed by atoms with Gasteiger partial charge in [-0.15, -0.1) is 0 Å². The van der Waals surface area contributed by atoms with Crippen molar-refractivity contribution in [3.63, 3.8) is 0 Å². The number of benzene rings is 2. The second-order valence-corrected chi connectivity index (χ2v) is 8.88. The number of hydrogen-bond acceptors (Lipinski definition) is 3. The lowest BCUT2D eigenvalue weighted by molar-refractivity contribution is 0.377. The van der Waals surface area contributed by atoms with Crippen molar-refractivity contribution in [3.05, 3.63) is 51.5 Å². The summed E-state index contributed by atoms with van der Waals surface area (Å²) in [6.45, 7) is 12.3. The van der Waals surface area contributed by atoms with E-state index in [1.54, 1.807) is 7.11 Å². The Morgan fingerprint density at radius 1 is 1.30 bits per heavy atom. The molecule has 3 nitrogen and oxygen atoms in total. The summed E-state index contributed by atoms with van der Waals surface area (Å²) in [5.41, 5.74) is 5.96. The molecule has 27 heavy (non-hydrogen) atoms. The van der Waals surface area contributed by atoms with Crippen LogP contribution in [0.1, 0.15) is 56.7 Å². The molecule has 0 bridgehead atoms. The van der Waals surface area contributed by atoms with Crippen LogP contribution in [0.4, 0.5) is 11.4 Å². The minimum atomic E-state index is 0.147. The fraction of sp³-hybridized carbons (Fsp3) is 0.435. The molecule has 0 radical (unpaired) electrons. The van der Waals surface area contributed by atoms with Crippen molar-refractivity contribution >= 4 is 33.5 Å². The predicted octanol–water partition coefficient (Wildman–Crippen LogP) is 6.63. The molecule has 0 N–H and O–H groups in total. The molecule has 0 aromatic heterocycles. The molecular formula is C23H29BrN2O. The zero-order chi connectivity index (χ0) is 19.8. The zero-order valence-electron chi connectivity index (χ0n) is 17.1. The minimum Gasteiger partial charge on any atom is -0.496 e. The third kappa shape index (κ3) is 3.91. The third-order valence-corrected chi connectivity index (χ3v) is 6.13. The summed E-state index contributed by atoms with van der Waals surface area (Å²) in [4.78, 5) is 7.19. The molecule has 2 aromatic rings. The van der Waals surface area contributed by atoms with Crippen LogP contribution in [0.15, 0.2) is 39.8 Å². The van der Waals surface area contributed by atoms with Crippen molar-refractivity contribution in [3.8, 4) is 5.75 Å². The van der Waals surface area contributed by atoms with E-state index in [-0.39, 0.29) is 5.54 Å². The van der Waals surface area contributed by atoms with Gasteiger partial charge in [-0.1, -0.05) is 13.0 Å². The van der Waals surface area contributed by atoms with Gasteiger partial charge in [0.15, 0.2) is 0 Å². The van der Waals surface area contributed by atoms with E-state index in [0.717, 1.165) is 34.4 Å². The van der Waals surface area contributed by atoms with E-state index >= 15 is 0 Å². The van der Waals surface area contributed by atoms with Gasteiger partial charge in [-0.2, -0.15) is 0 Å². The van der Waals surface area contributed by atoms with Gasteiger partial charge in [-0.3, -0.25) is 4.99 Å². The van der Waals surface area contributed by atoms with Crippen LogP contribution < -0.4 is 9.64 Å². The molecule has 1 heterocycles. The van der Waals surface area contributed by atoms with Crippen LogP contribution in [0.25, 0.3) is 0 Å². The van der Waals surface area contributed by atoms with E-state index in [0.29, 0.717) is 5.92 Å². The van der Waals surface area contributed by atoms with Crippen LogP contribution in [0, 0.1) is 6.92 Å². The highest BCUT2D eigenvalue weighted by Crippen LogP contribution is 2.45. The Labute approximate surface area is 171 Å². The summed E-state index contributed by atoms with van der Waals surface area (Å²) in [6, 6.07) is 10.6. The number of hydrogen-bond donors (Lipinski definition) is 0. The molecule has 4 heteroatoms. The number of ether oxygens (including phenoxy) is 1. The molecule has 1 aliphatic heterocycles. The van der Waals surface area contributed by atoms with Gasteiger partial charge < -0.3 is 9.64 Å². The molecule has 0 saturated carbocycles. The molecular weight excluding hydrogens is 400 g/mol. The third-order valence-electron chi connectivity index (χ3n) is 5.50. The second kappa shape index (κ2) is 7.67. The number of fused-ring (bicyclic) bond motifs is 1. The maximum atomic E-state index is 5.72. The number of aryl methyl sites for hydroxylation is 1. The summed E-state index contributed by atoms with van der Waals surface area (Å²) < 4.78 is 6.72. The molecule has 1 atom stereocenters. The fourth-order valence-electron chi connectivity index (χ4n) is 4.26. The average molecular weight is 429 g/mol. The quantitative estimate of drug-likeness (QED) is 0.510. The van der Waals surface area contributed by atoms with Gasteiger partial charge in [0, 0.05) is 40.1 Å². The summed E-state index contributed by atoms with van der Waals surface area (Å²) in [5, 5.41) is 0. The Morgan fingerprint density at radius 3 is 2.67 bits per heavy atom. The van der Waals surface area contributed by atoms with Crippen LogP contribution in [0.3, 0.4) is 0 Å². The van der Waals surface area contributed by atoms with E-state index < -0.39 is 0 Å². The van der Waals surface area contributed by atoms with Crippen LogP contribution in [-0.2, 0) is 0 Å². The van der Waals surface area contributed by atoms with Crippen LogP contribution >= 0.6 is 15.9 Å². The van der Waals surface area contributed by atoms with E-state index in [4.69, 9.17) is 9.73 Å².